The van der Waals surface area contributed by atoms with Gasteiger partial charge in [0.05, 0.1) is 0 Å². The molecular weight excluding hydrogens is 138 g/mol. The van der Waals surface area contributed by atoms with Crippen LogP contribution < -0.4 is 11.9 Å². The number of nitrogens with zero attached hydrogens (tertiary/aromatic N) is 1. The average molecular weight is 153 g/mol. The smallest absolute Gasteiger partial charge is 0.0267 e. The van der Waals surface area contributed by atoms with E-state index >= 15 is 0 Å². The minimum Gasteiger partial charge on any atom is -0.344 e. The molecule has 0 atom stereocenters. The van der Waals surface area contributed by atoms with Gasteiger partial charge < -0.3 is 11.9 Å². The SMILES string of the molecule is N.NC1CC1.c1ccncc1. The van der Waals surface area contributed by atoms with Gasteiger partial charge in [0.15, 0.2) is 0 Å². The zero-order valence-corrected chi connectivity index (χ0v) is 6.61. The fourth-order valence-electron chi connectivity index (χ4n) is 0.409. The minimum absolute atomic E-state index is 0. The van der Waals surface area contributed by atoms with E-state index in [1.807, 2.05) is 18.2 Å². The molecule has 0 unspecified atom stereocenters. The summed E-state index contributed by atoms with van der Waals surface area (Å²) in [6.45, 7) is 0. The van der Waals surface area contributed by atoms with E-state index in [2.05, 4.69) is 4.98 Å². The van der Waals surface area contributed by atoms with Crippen molar-refractivity contribution >= 4 is 0 Å². The Morgan fingerprint density at radius 2 is 1.55 bits per heavy atom. The van der Waals surface area contributed by atoms with Crippen molar-refractivity contribution in [2.24, 2.45) is 5.73 Å². The monoisotopic (exact) mass is 153 g/mol. The molecule has 1 heterocycles. The molecule has 11 heavy (non-hydrogen) atoms. The van der Waals surface area contributed by atoms with Crippen molar-refractivity contribution in [3.63, 3.8) is 0 Å². The van der Waals surface area contributed by atoms with Gasteiger partial charge in [-0.25, -0.2) is 0 Å². The van der Waals surface area contributed by atoms with Crippen molar-refractivity contribution in [2.45, 2.75) is 18.9 Å². The van der Waals surface area contributed by atoms with Crippen molar-refractivity contribution in [1.82, 2.24) is 11.1 Å². The van der Waals surface area contributed by atoms with E-state index in [0.717, 1.165) is 0 Å². The van der Waals surface area contributed by atoms with E-state index in [-0.39, 0.29) is 6.15 Å². The molecule has 62 valence electrons. The maximum Gasteiger partial charge on any atom is 0.0267 e. The lowest BCUT2D eigenvalue weighted by atomic mass is 10.5. The van der Waals surface area contributed by atoms with Crippen LogP contribution in [-0.2, 0) is 0 Å². The highest BCUT2D eigenvalue weighted by Crippen LogP contribution is 2.13. The third kappa shape index (κ3) is 6.96. The van der Waals surface area contributed by atoms with Gasteiger partial charge in [0.2, 0.25) is 0 Å². The summed E-state index contributed by atoms with van der Waals surface area (Å²) in [4.78, 5) is 3.78. The molecule has 0 saturated heterocycles. The number of rotatable bonds is 0. The lowest BCUT2D eigenvalue weighted by Crippen LogP contribution is -1.94. The summed E-state index contributed by atoms with van der Waals surface area (Å²) in [5, 5.41) is 0. The fourth-order valence-corrected chi connectivity index (χ4v) is 0.409. The normalized spacial score (nSPS) is 13.9. The molecule has 3 nitrogen and oxygen atoms in total. The first-order valence-electron chi connectivity index (χ1n) is 3.50. The summed E-state index contributed by atoms with van der Waals surface area (Å²) in [6, 6.07) is 6.30. The maximum atomic E-state index is 5.22. The predicted octanol–water partition coefficient (Wildman–Crippen LogP) is 1.35. The van der Waals surface area contributed by atoms with Crippen LogP contribution >= 0.6 is 0 Å². The molecule has 0 amide bonds. The molecule has 1 aliphatic carbocycles. The Balaban J connectivity index is 0.000000177. The van der Waals surface area contributed by atoms with Crippen molar-refractivity contribution < 1.29 is 0 Å². The molecule has 1 saturated carbocycles. The van der Waals surface area contributed by atoms with Crippen LogP contribution in [0.1, 0.15) is 12.8 Å². The van der Waals surface area contributed by atoms with Gasteiger partial charge >= 0.3 is 0 Å². The third-order valence-corrected chi connectivity index (χ3v) is 1.19. The Bertz CT molecular complexity index is 134. The summed E-state index contributed by atoms with van der Waals surface area (Å²) in [6.07, 6.45) is 6.03. The van der Waals surface area contributed by atoms with Gasteiger partial charge in [0, 0.05) is 18.4 Å². The second-order valence-electron chi connectivity index (χ2n) is 2.36. The second kappa shape index (κ2) is 5.82. The number of pyridine rings is 1. The van der Waals surface area contributed by atoms with Gasteiger partial charge in [-0.3, -0.25) is 4.98 Å². The lowest BCUT2D eigenvalue weighted by Gasteiger charge is -1.70. The van der Waals surface area contributed by atoms with Gasteiger partial charge in [-0.1, -0.05) is 6.07 Å². The van der Waals surface area contributed by atoms with Gasteiger partial charge in [-0.15, -0.1) is 0 Å². The summed E-state index contributed by atoms with van der Waals surface area (Å²) in [5.74, 6) is 0. The van der Waals surface area contributed by atoms with Gasteiger partial charge in [0.1, 0.15) is 0 Å². The molecule has 5 N–H and O–H groups in total. The number of hydrogen-bond donors (Lipinski definition) is 2. The molecule has 1 aliphatic rings. The van der Waals surface area contributed by atoms with E-state index in [1.165, 1.54) is 12.8 Å². The van der Waals surface area contributed by atoms with Crippen LogP contribution in [0.5, 0.6) is 0 Å². The fraction of sp³-hybridized carbons (Fsp3) is 0.375. The van der Waals surface area contributed by atoms with E-state index < -0.39 is 0 Å². The van der Waals surface area contributed by atoms with Crippen molar-refractivity contribution in [3.8, 4) is 0 Å². The van der Waals surface area contributed by atoms with E-state index in [4.69, 9.17) is 5.73 Å². The number of nitrogens with two attached hydrogens (primary N) is 1. The quantitative estimate of drug-likeness (QED) is 0.590. The number of hydrogen-bond acceptors (Lipinski definition) is 3. The standard InChI is InChI=1S/C5H5N.C3H7N.H3N/c1-2-4-6-5-3-1;4-3-1-2-3;/h1-5H;3H,1-2,4H2;1H3. The van der Waals surface area contributed by atoms with E-state index in [1.54, 1.807) is 12.4 Å². The first kappa shape index (κ1) is 10.1. The highest BCUT2D eigenvalue weighted by atomic mass is 14.7. The Kier molecular flexibility index (Phi) is 5.33. The predicted molar refractivity (Wildman–Crippen MR) is 46.5 cm³/mol. The molecule has 0 spiro atoms. The first-order chi connectivity index (χ1) is 4.89. The molecule has 0 aromatic carbocycles. The molecule has 1 fully saturated rings. The van der Waals surface area contributed by atoms with Crippen molar-refractivity contribution in [2.75, 3.05) is 0 Å². The Hall–Kier alpha value is -0.930. The minimum atomic E-state index is 0. The molecule has 0 aliphatic heterocycles. The maximum absolute atomic E-state index is 5.22. The van der Waals surface area contributed by atoms with Crippen LogP contribution in [0.15, 0.2) is 30.6 Å². The molecule has 2 rings (SSSR count). The lowest BCUT2D eigenvalue weighted by molar-refractivity contribution is 1.07. The molecular formula is C8H15N3. The summed E-state index contributed by atoms with van der Waals surface area (Å²) in [5.41, 5.74) is 5.22. The largest absolute Gasteiger partial charge is 0.344 e. The highest BCUT2D eigenvalue weighted by Gasteiger charge is 2.13. The zero-order valence-electron chi connectivity index (χ0n) is 6.61. The van der Waals surface area contributed by atoms with Crippen molar-refractivity contribution in [1.29, 1.82) is 0 Å². The Labute approximate surface area is 67.2 Å². The number of aromatic nitrogens is 1. The summed E-state index contributed by atoms with van der Waals surface area (Å²) < 4.78 is 0. The van der Waals surface area contributed by atoms with Crippen LogP contribution in [0.25, 0.3) is 0 Å². The van der Waals surface area contributed by atoms with Gasteiger partial charge in [0.25, 0.3) is 0 Å². The molecule has 1 aromatic rings. The first-order valence-corrected chi connectivity index (χ1v) is 3.50. The van der Waals surface area contributed by atoms with Crippen LogP contribution in [-0.4, -0.2) is 11.0 Å². The van der Waals surface area contributed by atoms with Crippen LogP contribution in [0, 0.1) is 0 Å². The van der Waals surface area contributed by atoms with Crippen LogP contribution in [0.4, 0.5) is 0 Å². The van der Waals surface area contributed by atoms with Gasteiger partial charge in [-0.05, 0) is 25.0 Å². The molecule has 1 aromatic heterocycles. The van der Waals surface area contributed by atoms with E-state index in [9.17, 15) is 0 Å². The van der Waals surface area contributed by atoms with Crippen LogP contribution in [0.3, 0.4) is 0 Å². The van der Waals surface area contributed by atoms with Crippen molar-refractivity contribution in [3.05, 3.63) is 30.6 Å². The van der Waals surface area contributed by atoms with Gasteiger partial charge in [-0.2, -0.15) is 0 Å². The summed E-state index contributed by atoms with van der Waals surface area (Å²) in [7, 11) is 0. The highest BCUT2D eigenvalue weighted by molar-refractivity contribution is 4.88. The topological polar surface area (TPSA) is 73.9 Å². The Morgan fingerprint density at radius 3 is 1.64 bits per heavy atom. The molecule has 0 bridgehead atoms. The second-order valence-corrected chi connectivity index (χ2v) is 2.36. The Morgan fingerprint density at radius 1 is 1.09 bits per heavy atom. The van der Waals surface area contributed by atoms with E-state index in [0.29, 0.717) is 6.04 Å². The zero-order chi connectivity index (χ0) is 7.23. The third-order valence-electron chi connectivity index (χ3n) is 1.19. The average Bonchev–Trinajstić information content (AvgIpc) is 2.77. The summed E-state index contributed by atoms with van der Waals surface area (Å²) >= 11 is 0. The molecule has 0 radical (unpaired) electrons. The van der Waals surface area contributed by atoms with Crippen LogP contribution in [0.2, 0.25) is 0 Å². The molecule has 3 heteroatoms.